The fourth-order valence-electron chi connectivity index (χ4n) is 7.49. The summed E-state index contributed by atoms with van der Waals surface area (Å²) in [5, 5.41) is 24.6. The Labute approximate surface area is 182 Å². The first-order valence-electron chi connectivity index (χ1n) is 12.2. The van der Waals surface area contributed by atoms with E-state index < -0.39 is 0 Å². The van der Waals surface area contributed by atoms with E-state index in [4.69, 9.17) is 0 Å². The van der Waals surface area contributed by atoms with Crippen LogP contribution in [-0.4, -0.2) is 35.0 Å². The van der Waals surface area contributed by atoms with Crippen LogP contribution >= 0.6 is 0 Å². The average Bonchev–Trinajstić information content (AvgIpc) is 3.09. The summed E-state index contributed by atoms with van der Waals surface area (Å²) in [5.41, 5.74) is 7.79. The highest BCUT2D eigenvalue weighted by atomic mass is 16.3. The van der Waals surface area contributed by atoms with Crippen molar-refractivity contribution in [3.63, 3.8) is 0 Å². The van der Waals surface area contributed by atoms with Gasteiger partial charge in [0.15, 0.2) is 0 Å². The van der Waals surface area contributed by atoms with Crippen LogP contribution < -0.4 is 5.32 Å². The lowest BCUT2D eigenvalue weighted by molar-refractivity contribution is 0.0656. The molecule has 1 aromatic rings. The van der Waals surface area contributed by atoms with Crippen molar-refractivity contribution in [2.24, 2.45) is 17.3 Å². The summed E-state index contributed by atoms with van der Waals surface area (Å²) < 4.78 is 0. The third-order valence-corrected chi connectivity index (χ3v) is 9.40. The second-order valence-corrected chi connectivity index (χ2v) is 11.2. The number of aliphatic hydroxyl groups is 2. The lowest BCUT2D eigenvalue weighted by Crippen LogP contribution is -2.50. The van der Waals surface area contributed by atoms with Crippen LogP contribution in [0.25, 0.3) is 0 Å². The maximum Gasteiger partial charge on any atom is 0.0702 e. The monoisotopic (exact) mass is 409 g/mol. The number of aliphatic hydroxyl groups excluding tert-OH is 2. The Kier molecular flexibility index (Phi) is 5.16. The Morgan fingerprint density at radius 1 is 1.20 bits per heavy atom. The molecule has 0 radical (unpaired) electrons. The van der Waals surface area contributed by atoms with Gasteiger partial charge in [-0.15, -0.1) is 0 Å². The van der Waals surface area contributed by atoms with Gasteiger partial charge in [0.05, 0.1) is 12.2 Å². The van der Waals surface area contributed by atoms with Crippen LogP contribution in [0, 0.1) is 24.2 Å². The Morgan fingerprint density at radius 2 is 2.00 bits per heavy atom. The fraction of sp³-hybridized carbons (Fsp3) is 0.704. The van der Waals surface area contributed by atoms with Gasteiger partial charge in [0, 0.05) is 6.04 Å². The van der Waals surface area contributed by atoms with E-state index in [1.807, 2.05) is 0 Å². The number of fused-ring (bicyclic) bond motifs is 5. The van der Waals surface area contributed by atoms with Gasteiger partial charge in [-0.2, -0.15) is 0 Å². The van der Waals surface area contributed by atoms with E-state index in [0.717, 1.165) is 38.6 Å². The zero-order valence-corrected chi connectivity index (χ0v) is 19.1. The molecule has 3 aliphatic carbocycles. The fourth-order valence-corrected chi connectivity index (χ4v) is 7.49. The summed E-state index contributed by atoms with van der Waals surface area (Å²) in [5.74, 6) is 2.16. The molecule has 1 saturated carbocycles. The van der Waals surface area contributed by atoms with Gasteiger partial charge in [-0.05, 0) is 103 Å². The van der Waals surface area contributed by atoms with Gasteiger partial charge in [0.1, 0.15) is 0 Å². The Hall–Kier alpha value is -1.16. The molecule has 0 spiro atoms. The van der Waals surface area contributed by atoms with Gasteiger partial charge in [0.25, 0.3) is 0 Å². The molecule has 0 unspecified atom stereocenters. The van der Waals surface area contributed by atoms with Crippen molar-refractivity contribution in [1.82, 2.24) is 5.32 Å². The van der Waals surface area contributed by atoms with E-state index in [-0.39, 0.29) is 23.7 Å². The molecule has 3 heteroatoms. The second-order valence-electron chi connectivity index (χ2n) is 11.2. The molecule has 0 aromatic heterocycles. The molecule has 30 heavy (non-hydrogen) atoms. The molecule has 3 nitrogen and oxygen atoms in total. The maximum atomic E-state index is 10.7. The lowest BCUT2D eigenvalue weighted by atomic mass is 9.57. The van der Waals surface area contributed by atoms with Gasteiger partial charge in [-0.3, -0.25) is 0 Å². The van der Waals surface area contributed by atoms with Crippen molar-refractivity contribution < 1.29 is 10.2 Å². The Bertz CT molecular complexity index is 861. The van der Waals surface area contributed by atoms with Crippen LogP contribution in [0.1, 0.15) is 87.0 Å². The first-order valence-corrected chi connectivity index (χ1v) is 12.2. The zero-order chi connectivity index (χ0) is 21.2. The largest absolute Gasteiger partial charge is 0.393 e. The molecule has 1 aromatic carbocycles. The molecular formula is C27H39NO2. The predicted octanol–water partition coefficient (Wildman–Crippen LogP) is 4.59. The summed E-state index contributed by atoms with van der Waals surface area (Å²) >= 11 is 0. The summed E-state index contributed by atoms with van der Waals surface area (Å²) in [7, 11) is 0. The molecule has 1 saturated heterocycles. The van der Waals surface area contributed by atoms with Crippen LogP contribution in [0.3, 0.4) is 0 Å². The third-order valence-electron chi connectivity index (χ3n) is 9.40. The molecule has 1 aliphatic heterocycles. The molecule has 0 amide bonds. The smallest absolute Gasteiger partial charge is 0.0702 e. The number of rotatable bonds is 2. The highest BCUT2D eigenvalue weighted by Crippen LogP contribution is 2.60. The van der Waals surface area contributed by atoms with Crippen molar-refractivity contribution in [3.8, 4) is 0 Å². The quantitative estimate of drug-likeness (QED) is 0.626. The van der Waals surface area contributed by atoms with Gasteiger partial charge < -0.3 is 15.5 Å². The minimum Gasteiger partial charge on any atom is -0.393 e. The first kappa shape index (κ1) is 20.7. The molecule has 2 fully saturated rings. The highest BCUT2D eigenvalue weighted by molar-refractivity contribution is 5.49. The highest BCUT2D eigenvalue weighted by Gasteiger charge is 2.50. The number of benzene rings is 1. The molecule has 0 bridgehead atoms. The molecule has 8 atom stereocenters. The van der Waals surface area contributed by atoms with Crippen molar-refractivity contribution in [1.29, 1.82) is 0 Å². The second kappa shape index (κ2) is 7.46. The molecule has 1 heterocycles. The van der Waals surface area contributed by atoms with E-state index in [1.54, 1.807) is 11.1 Å². The summed E-state index contributed by atoms with van der Waals surface area (Å²) in [6.45, 7) is 10.3. The van der Waals surface area contributed by atoms with Crippen LogP contribution in [0.4, 0.5) is 0 Å². The Balaban J connectivity index is 1.44. The standard InChI is InChI=1S/C27H39NO2/c1-15-11-25(30)26(28-14-15)17(3)20-7-8-21-22-6-5-18-12-19(29)9-10-27(18,4)24(22)13-23(21)16(20)2/h5,7-8,15,17,19,22,24-26,28-30H,6,9-14H2,1-4H3/t15-,17+,19+,22-,24-,25+,26+,27+/m1/s1. The molecule has 5 rings (SSSR count). The number of hydrogen-bond donors (Lipinski definition) is 3. The van der Waals surface area contributed by atoms with Crippen LogP contribution in [-0.2, 0) is 6.42 Å². The SMILES string of the molecule is Cc1c([C@H](C)[C@@H]2NC[C@H](C)C[C@@H]2O)ccc2c1C[C@@H]1[C@@H]2CC=C2C[C@@H](O)CC[C@@]21C. The van der Waals surface area contributed by atoms with Gasteiger partial charge in [-0.25, -0.2) is 0 Å². The molecule has 164 valence electrons. The first-order chi connectivity index (χ1) is 14.3. The average molecular weight is 410 g/mol. The zero-order valence-electron chi connectivity index (χ0n) is 19.1. The van der Waals surface area contributed by atoms with E-state index in [2.05, 4.69) is 51.2 Å². The van der Waals surface area contributed by atoms with Crippen LogP contribution in [0.2, 0.25) is 0 Å². The minimum atomic E-state index is -0.265. The maximum absolute atomic E-state index is 10.7. The molecule has 4 aliphatic rings. The number of allylic oxidation sites excluding steroid dienone is 1. The number of hydrogen-bond acceptors (Lipinski definition) is 3. The predicted molar refractivity (Wildman–Crippen MR) is 122 cm³/mol. The van der Waals surface area contributed by atoms with E-state index in [1.165, 1.54) is 23.1 Å². The van der Waals surface area contributed by atoms with E-state index in [9.17, 15) is 10.2 Å². The summed E-state index contributed by atoms with van der Waals surface area (Å²) in [6, 6.07) is 4.92. The van der Waals surface area contributed by atoms with Gasteiger partial charge in [-0.1, -0.05) is 44.6 Å². The Morgan fingerprint density at radius 3 is 2.77 bits per heavy atom. The third kappa shape index (κ3) is 3.12. The van der Waals surface area contributed by atoms with Crippen molar-refractivity contribution >= 4 is 0 Å². The van der Waals surface area contributed by atoms with E-state index in [0.29, 0.717) is 23.7 Å². The van der Waals surface area contributed by atoms with Crippen LogP contribution in [0.5, 0.6) is 0 Å². The van der Waals surface area contributed by atoms with Crippen molar-refractivity contribution in [3.05, 3.63) is 46.0 Å². The lowest BCUT2D eigenvalue weighted by Gasteiger charge is -2.48. The normalized spacial score (nSPS) is 41.5. The van der Waals surface area contributed by atoms with E-state index >= 15 is 0 Å². The van der Waals surface area contributed by atoms with Crippen LogP contribution in [0.15, 0.2) is 23.8 Å². The summed E-state index contributed by atoms with van der Waals surface area (Å²) in [4.78, 5) is 0. The minimum absolute atomic E-state index is 0.143. The van der Waals surface area contributed by atoms with Crippen molar-refractivity contribution in [2.45, 2.75) is 96.3 Å². The summed E-state index contributed by atoms with van der Waals surface area (Å²) in [6.07, 6.45) is 8.20. The molecule has 3 N–H and O–H groups in total. The number of piperidine rings is 1. The van der Waals surface area contributed by atoms with Crippen molar-refractivity contribution in [2.75, 3.05) is 6.54 Å². The number of nitrogens with one attached hydrogen (secondary N) is 1. The topological polar surface area (TPSA) is 52.5 Å². The van der Waals surface area contributed by atoms with Gasteiger partial charge >= 0.3 is 0 Å². The molecular weight excluding hydrogens is 370 g/mol. The van der Waals surface area contributed by atoms with Gasteiger partial charge in [0.2, 0.25) is 0 Å².